The summed E-state index contributed by atoms with van der Waals surface area (Å²) in [7, 11) is -4.09. The van der Waals surface area contributed by atoms with Crippen LogP contribution in [-0.4, -0.2) is 28.7 Å². The van der Waals surface area contributed by atoms with Gasteiger partial charge in [-0.3, -0.25) is 4.31 Å². The van der Waals surface area contributed by atoms with Crippen molar-refractivity contribution in [3.05, 3.63) is 60.4 Å². The fraction of sp³-hybridized carbons (Fsp3) is 0.300. The molecule has 0 atom stereocenters. The zero-order valence-electron chi connectivity index (χ0n) is 16.6. The summed E-state index contributed by atoms with van der Waals surface area (Å²) in [5.74, 6) is -2.00. The van der Waals surface area contributed by atoms with Gasteiger partial charge in [-0.25, -0.2) is 17.2 Å². The molecule has 0 aliphatic rings. The third kappa shape index (κ3) is 3.87. The van der Waals surface area contributed by atoms with E-state index in [2.05, 4.69) is 10.2 Å². The first kappa shape index (κ1) is 20.9. The first-order valence-corrected chi connectivity index (χ1v) is 10.5. The molecule has 1 aromatic heterocycles. The number of hydrogen-bond donors (Lipinski definition) is 0. The molecule has 0 aliphatic heterocycles. The zero-order chi connectivity index (χ0) is 21.4. The highest BCUT2D eigenvalue weighted by atomic mass is 32.2. The number of sulfonamides is 1. The minimum absolute atomic E-state index is 0.0112. The van der Waals surface area contributed by atoms with Gasteiger partial charge in [0.05, 0.1) is 10.6 Å². The van der Waals surface area contributed by atoms with E-state index in [9.17, 15) is 17.2 Å². The van der Waals surface area contributed by atoms with Crippen molar-refractivity contribution in [2.45, 2.75) is 44.7 Å². The quantitative estimate of drug-likeness (QED) is 0.619. The smallest absolute Gasteiger partial charge is 0.264 e. The molecule has 0 amide bonds. The maximum atomic E-state index is 14.3. The third-order valence-electron chi connectivity index (χ3n) is 4.35. The van der Waals surface area contributed by atoms with E-state index in [0.29, 0.717) is 6.54 Å². The summed E-state index contributed by atoms with van der Waals surface area (Å²) in [5.41, 5.74) is -0.856. The van der Waals surface area contributed by atoms with Gasteiger partial charge in [0, 0.05) is 23.7 Å². The number of hydrogen-bond acceptors (Lipinski definition) is 4. The van der Waals surface area contributed by atoms with Gasteiger partial charge in [-0.15, -0.1) is 10.2 Å². The van der Waals surface area contributed by atoms with Gasteiger partial charge in [0.1, 0.15) is 6.33 Å². The van der Waals surface area contributed by atoms with Gasteiger partial charge in [0.25, 0.3) is 10.0 Å². The van der Waals surface area contributed by atoms with Crippen molar-refractivity contribution in [3.63, 3.8) is 0 Å². The van der Waals surface area contributed by atoms with E-state index in [1.807, 2.05) is 6.92 Å². The van der Waals surface area contributed by atoms with Gasteiger partial charge in [-0.1, -0.05) is 18.2 Å². The summed E-state index contributed by atoms with van der Waals surface area (Å²) in [6.07, 6.45) is 1.45. The monoisotopic (exact) mass is 420 g/mol. The molecule has 0 spiro atoms. The highest BCUT2D eigenvalue weighted by Crippen LogP contribution is 2.39. The van der Waals surface area contributed by atoms with Gasteiger partial charge in [0.2, 0.25) is 0 Å². The summed E-state index contributed by atoms with van der Waals surface area (Å²) in [5, 5.41) is 7.84. The minimum atomic E-state index is -4.09. The molecule has 0 N–H and O–H groups in total. The fourth-order valence-corrected chi connectivity index (χ4v) is 4.97. The Bertz CT molecular complexity index is 1120. The van der Waals surface area contributed by atoms with Crippen molar-refractivity contribution >= 4 is 15.7 Å². The third-order valence-corrected chi connectivity index (χ3v) is 6.44. The van der Waals surface area contributed by atoms with Crippen LogP contribution in [0.25, 0.3) is 11.4 Å². The van der Waals surface area contributed by atoms with Gasteiger partial charge in [0.15, 0.2) is 17.5 Å². The first-order chi connectivity index (χ1) is 13.6. The molecule has 0 unspecified atom stereocenters. The Morgan fingerprint density at radius 3 is 2.28 bits per heavy atom. The van der Waals surface area contributed by atoms with Crippen LogP contribution in [0.1, 0.15) is 27.7 Å². The summed E-state index contributed by atoms with van der Waals surface area (Å²) >= 11 is 0. The van der Waals surface area contributed by atoms with E-state index in [4.69, 9.17) is 0 Å². The molecule has 0 fully saturated rings. The molecule has 0 radical (unpaired) electrons. The molecule has 3 aromatic rings. The Morgan fingerprint density at radius 2 is 1.69 bits per heavy atom. The van der Waals surface area contributed by atoms with E-state index in [1.54, 1.807) is 43.5 Å². The van der Waals surface area contributed by atoms with Gasteiger partial charge >= 0.3 is 0 Å². The van der Waals surface area contributed by atoms with Crippen molar-refractivity contribution in [1.82, 2.24) is 14.8 Å². The number of rotatable bonds is 5. The van der Waals surface area contributed by atoms with E-state index in [1.165, 1.54) is 18.5 Å². The highest BCUT2D eigenvalue weighted by Gasteiger charge is 2.37. The SMILES string of the molecule is CCn1cnnc1-c1cc(F)c(F)cc1N(C(C)(C)C)S(=O)(=O)c1ccccc1. The maximum Gasteiger partial charge on any atom is 0.264 e. The average molecular weight is 420 g/mol. The summed E-state index contributed by atoms with van der Waals surface area (Å²) in [6, 6.07) is 9.68. The van der Waals surface area contributed by atoms with Crippen LogP contribution < -0.4 is 4.31 Å². The van der Waals surface area contributed by atoms with Crippen LogP contribution in [0.3, 0.4) is 0 Å². The molecule has 0 bridgehead atoms. The molecule has 6 nitrogen and oxygen atoms in total. The molecule has 3 rings (SSSR count). The maximum absolute atomic E-state index is 14.3. The largest absolute Gasteiger partial charge is 0.314 e. The highest BCUT2D eigenvalue weighted by molar-refractivity contribution is 7.93. The second-order valence-corrected chi connectivity index (χ2v) is 9.26. The average Bonchev–Trinajstić information content (AvgIpc) is 3.12. The molecular formula is C20H22F2N4O2S. The van der Waals surface area contributed by atoms with E-state index < -0.39 is 27.2 Å². The van der Waals surface area contributed by atoms with Crippen molar-refractivity contribution in [1.29, 1.82) is 0 Å². The topological polar surface area (TPSA) is 68.1 Å². The first-order valence-electron chi connectivity index (χ1n) is 9.05. The number of benzene rings is 2. The molecule has 0 saturated carbocycles. The normalized spacial score (nSPS) is 12.2. The van der Waals surface area contributed by atoms with E-state index in [-0.39, 0.29) is 22.0 Å². The lowest BCUT2D eigenvalue weighted by molar-refractivity contribution is 0.505. The molecule has 29 heavy (non-hydrogen) atoms. The zero-order valence-corrected chi connectivity index (χ0v) is 17.4. The molecular weight excluding hydrogens is 398 g/mol. The molecule has 0 aliphatic carbocycles. The summed E-state index contributed by atoms with van der Waals surface area (Å²) in [4.78, 5) is 0.0440. The van der Waals surface area contributed by atoms with Crippen molar-refractivity contribution < 1.29 is 17.2 Å². The number of halogens is 2. The molecule has 2 aromatic carbocycles. The van der Waals surface area contributed by atoms with E-state index >= 15 is 0 Å². The van der Waals surface area contributed by atoms with Gasteiger partial charge < -0.3 is 4.57 Å². The Hall–Kier alpha value is -2.81. The van der Waals surface area contributed by atoms with Crippen molar-refractivity contribution in [2.75, 3.05) is 4.31 Å². The van der Waals surface area contributed by atoms with Gasteiger partial charge in [-0.2, -0.15) is 0 Å². The predicted octanol–water partition coefficient (Wildman–Crippen LogP) is 4.24. The molecule has 154 valence electrons. The van der Waals surface area contributed by atoms with Crippen LogP contribution in [0, 0.1) is 11.6 Å². The standard InChI is InChI=1S/C20H22F2N4O2S/c1-5-25-13-23-24-19(25)15-11-16(21)17(22)12-18(15)26(20(2,3)4)29(27,28)14-9-7-6-8-10-14/h6-13H,5H2,1-4H3. The Balaban J connectivity index is 2.35. The Morgan fingerprint density at radius 1 is 1.07 bits per heavy atom. The molecule has 1 heterocycles. The van der Waals surface area contributed by atoms with Crippen molar-refractivity contribution in [3.8, 4) is 11.4 Å². The van der Waals surface area contributed by atoms with Gasteiger partial charge in [-0.05, 0) is 45.9 Å². The lowest BCUT2D eigenvalue weighted by Crippen LogP contribution is -2.46. The molecule has 9 heteroatoms. The second-order valence-electron chi connectivity index (χ2n) is 7.48. The van der Waals surface area contributed by atoms with Crippen LogP contribution in [0.5, 0.6) is 0 Å². The lowest BCUT2D eigenvalue weighted by atomic mass is 10.1. The number of anilines is 1. The van der Waals surface area contributed by atoms with Crippen LogP contribution in [-0.2, 0) is 16.6 Å². The lowest BCUT2D eigenvalue weighted by Gasteiger charge is -2.37. The van der Waals surface area contributed by atoms with E-state index in [0.717, 1.165) is 16.4 Å². The summed E-state index contributed by atoms with van der Waals surface area (Å²) in [6.45, 7) is 7.37. The Labute approximate surface area is 168 Å². The molecule has 0 saturated heterocycles. The van der Waals surface area contributed by atoms with Crippen LogP contribution in [0.2, 0.25) is 0 Å². The minimum Gasteiger partial charge on any atom is -0.314 e. The predicted molar refractivity (Wildman–Crippen MR) is 107 cm³/mol. The number of aryl methyl sites for hydroxylation is 1. The second kappa shape index (κ2) is 7.55. The number of nitrogens with zero attached hydrogens (tertiary/aromatic N) is 4. The summed E-state index contributed by atoms with van der Waals surface area (Å²) < 4.78 is 58.2. The van der Waals surface area contributed by atoms with Crippen LogP contribution in [0.15, 0.2) is 53.7 Å². The fourth-order valence-electron chi connectivity index (χ4n) is 3.13. The Kier molecular flexibility index (Phi) is 5.44. The van der Waals surface area contributed by atoms with Crippen molar-refractivity contribution in [2.24, 2.45) is 0 Å². The van der Waals surface area contributed by atoms with Crippen LogP contribution >= 0.6 is 0 Å². The number of aromatic nitrogens is 3. The van der Waals surface area contributed by atoms with Crippen LogP contribution in [0.4, 0.5) is 14.5 Å².